The van der Waals surface area contributed by atoms with Crippen LogP contribution in [0.25, 0.3) is 10.9 Å². The fraction of sp³-hybridized carbons (Fsp3) is 0.231. The topological polar surface area (TPSA) is 106 Å². The van der Waals surface area contributed by atoms with Gasteiger partial charge in [-0.25, -0.2) is 4.98 Å². The Morgan fingerprint density at radius 3 is 2.35 bits per heavy atom. The van der Waals surface area contributed by atoms with E-state index in [2.05, 4.69) is 10.6 Å². The highest BCUT2D eigenvalue weighted by Gasteiger charge is 2.15. The molecule has 2 amide bonds. The van der Waals surface area contributed by atoms with Crippen molar-refractivity contribution in [3.8, 4) is 0 Å². The SMILES string of the molecule is O=C(Nc1ccc(NC(=O)c2ccco2)cc1)c1ccc2c(=O)n3c(nc2c1)CCCCCC3. The molecule has 0 saturated heterocycles. The number of carbonyl (C=O) groups excluding carboxylic acids is 2. The number of fused-ring (bicyclic) bond motifs is 2. The molecule has 4 aromatic rings. The number of nitrogens with one attached hydrogen (secondary N) is 2. The predicted octanol–water partition coefficient (Wildman–Crippen LogP) is 4.61. The molecule has 0 radical (unpaired) electrons. The summed E-state index contributed by atoms with van der Waals surface area (Å²) in [6, 6.07) is 15.0. The molecule has 0 bridgehead atoms. The lowest BCUT2D eigenvalue weighted by Gasteiger charge is -2.16. The number of hydrogen-bond acceptors (Lipinski definition) is 5. The molecule has 8 nitrogen and oxygen atoms in total. The number of amides is 2. The second-order valence-corrected chi connectivity index (χ2v) is 8.34. The summed E-state index contributed by atoms with van der Waals surface area (Å²) in [5, 5.41) is 6.10. The molecule has 5 rings (SSSR count). The zero-order chi connectivity index (χ0) is 23.5. The third-order valence-electron chi connectivity index (χ3n) is 5.97. The summed E-state index contributed by atoms with van der Waals surface area (Å²) in [5.74, 6) is 0.356. The highest BCUT2D eigenvalue weighted by atomic mass is 16.3. The number of anilines is 2. The number of carbonyl (C=O) groups is 2. The van der Waals surface area contributed by atoms with Crippen molar-refractivity contribution in [1.82, 2.24) is 9.55 Å². The van der Waals surface area contributed by atoms with E-state index in [1.165, 1.54) is 6.26 Å². The van der Waals surface area contributed by atoms with Crippen LogP contribution >= 0.6 is 0 Å². The summed E-state index contributed by atoms with van der Waals surface area (Å²) in [6.07, 6.45) is 6.46. The first kappa shape index (κ1) is 21.6. The van der Waals surface area contributed by atoms with Crippen molar-refractivity contribution in [1.29, 1.82) is 0 Å². The molecule has 2 aromatic heterocycles. The van der Waals surface area contributed by atoms with Crippen molar-refractivity contribution in [2.75, 3.05) is 10.6 Å². The molecular weight excluding hydrogens is 432 g/mol. The van der Waals surface area contributed by atoms with Crippen molar-refractivity contribution in [2.45, 2.75) is 38.6 Å². The quantitative estimate of drug-likeness (QED) is 0.466. The number of furan rings is 1. The lowest BCUT2D eigenvalue weighted by atomic mass is 10.1. The smallest absolute Gasteiger partial charge is 0.291 e. The van der Waals surface area contributed by atoms with Gasteiger partial charge in [0, 0.05) is 29.9 Å². The molecular formula is C26H24N4O4. The van der Waals surface area contributed by atoms with E-state index in [0.29, 0.717) is 34.4 Å². The van der Waals surface area contributed by atoms with Gasteiger partial charge in [0.05, 0.1) is 17.2 Å². The first-order valence-corrected chi connectivity index (χ1v) is 11.4. The van der Waals surface area contributed by atoms with Gasteiger partial charge in [-0.3, -0.25) is 19.0 Å². The molecule has 2 aromatic carbocycles. The van der Waals surface area contributed by atoms with Gasteiger partial charge in [-0.1, -0.05) is 12.8 Å². The highest BCUT2D eigenvalue weighted by Crippen LogP contribution is 2.19. The van der Waals surface area contributed by atoms with Crippen molar-refractivity contribution in [2.24, 2.45) is 0 Å². The summed E-state index contributed by atoms with van der Waals surface area (Å²) in [5.41, 5.74) is 2.07. The van der Waals surface area contributed by atoms with E-state index >= 15 is 0 Å². The Morgan fingerprint density at radius 1 is 0.882 bits per heavy atom. The van der Waals surface area contributed by atoms with Crippen molar-refractivity contribution in [3.63, 3.8) is 0 Å². The van der Waals surface area contributed by atoms with E-state index < -0.39 is 0 Å². The van der Waals surface area contributed by atoms with Crippen LogP contribution < -0.4 is 16.2 Å². The molecule has 2 N–H and O–H groups in total. The molecule has 0 spiro atoms. The predicted molar refractivity (Wildman–Crippen MR) is 129 cm³/mol. The Kier molecular flexibility index (Phi) is 5.95. The van der Waals surface area contributed by atoms with Gasteiger partial charge >= 0.3 is 0 Å². The molecule has 0 atom stereocenters. The van der Waals surface area contributed by atoms with E-state index in [9.17, 15) is 14.4 Å². The zero-order valence-electron chi connectivity index (χ0n) is 18.5. The Bertz CT molecular complexity index is 1410. The second-order valence-electron chi connectivity index (χ2n) is 8.34. The van der Waals surface area contributed by atoms with E-state index in [1.807, 2.05) is 0 Å². The third-order valence-corrected chi connectivity index (χ3v) is 5.97. The summed E-state index contributed by atoms with van der Waals surface area (Å²) in [6.45, 7) is 0.692. The number of aromatic nitrogens is 2. The highest BCUT2D eigenvalue weighted by molar-refractivity contribution is 6.06. The maximum Gasteiger partial charge on any atom is 0.291 e. The lowest BCUT2D eigenvalue weighted by Crippen LogP contribution is -2.26. The zero-order valence-corrected chi connectivity index (χ0v) is 18.5. The minimum Gasteiger partial charge on any atom is -0.459 e. The minimum absolute atomic E-state index is 0.0407. The van der Waals surface area contributed by atoms with E-state index in [0.717, 1.165) is 37.9 Å². The summed E-state index contributed by atoms with van der Waals surface area (Å²) >= 11 is 0. The second kappa shape index (κ2) is 9.35. The molecule has 0 saturated carbocycles. The largest absolute Gasteiger partial charge is 0.459 e. The number of rotatable bonds is 4. The van der Waals surface area contributed by atoms with Crippen molar-refractivity contribution < 1.29 is 14.0 Å². The first-order chi connectivity index (χ1) is 16.6. The Morgan fingerprint density at radius 2 is 1.62 bits per heavy atom. The van der Waals surface area contributed by atoms with Gasteiger partial charge in [0.1, 0.15) is 5.82 Å². The lowest BCUT2D eigenvalue weighted by molar-refractivity contribution is 0.0994. The van der Waals surface area contributed by atoms with Gasteiger partial charge in [0.2, 0.25) is 0 Å². The van der Waals surface area contributed by atoms with Gasteiger partial charge in [0.25, 0.3) is 17.4 Å². The van der Waals surface area contributed by atoms with Crippen molar-refractivity contribution in [3.05, 3.63) is 88.4 Å². The van der Waals surface area contributed by atoms with Crippen LogP contribution in [0.5, 0.6) is 0 Å². The average Bonchev–Trinajstić information content (AvgIpc) is 3.37. The van der Waals surface area contributed by atoms with Crippen LogP contribution in [-0.2, 0) is 13.0 Å². The number of nitrogens with zero attached hydrogens (tertiary/aromatic N) is 2. The van der Waals surface area contributed by atoms with E-state index in [1.54, 1.807) is 59.2 Å². The molecule has 1 aliphatic heterocycles. The molecule has 8 heteroatoms. The normalized spacial score (nSPS) is 13.5. The fourth-order valence-electron chi connectivity index (χ4n) is 4.18. The van der Waals surface area contributed by atoms with Gasteiger partial charge in [-0.15, -0.1) is 0 Å². The van der Waals surface area contributed by atoms with Gasteiger partial charge in [-0.05, 0) is 67.4 Å². The molecule has 0 aliphatic carbocycles. The maximum atomic E-state index is 13.0. The van der Waals surface area contributed by atoms with Crippen LogP contribution in [0, 0.1) is 0 Å². The maximum absolute atomic E-state index is 13.0. The third kappa shape index (κ3) is 4.47. The Balaban J connectivity index is 1.32. The van der Waals surface area contributed by atoms with Gasteiger partial charge < -0.3 is 15.1 Å². The van der Waals surface area contributed by atoms with Crippen LogP contribution in [-0.4, -0.2) is 21.4 Å². The molecule has 1 aliphatic rings. The molecule has 172 valence electrons. The van der Waals surface area contributed by atoms with Crippen molar-refractivity contribution >= 4 is 34.1 Å². The minimum atomic E-state index is -0.352. The summed E-state index contributed by atoms with van der Waals surface area (Å²) < 4.78 is 6.86. The average molecular weight is 457 g/mol. The van der Waals surface area contributed by atoms with E-state index in [4.69, 9.17) is 9.40 Å². The van der Waals surface area contributed by atoms with E-state index in [-0.39, 0.29) is 23.1 Å². The van der Waals surface area contributed by atoms with Gasteiger partial charge in [0.15, 0.2) is 5.76 Å². The van der Waals surface area contributed by atoms with Crippen LogP contribution in [0.2, 0.25) is 0 Å². The monoisotopic (exact) mass is 456 g/mol. The number of aryl methyl sites for hydroxylation is 1. The van der Waals surface area contributed by atoms with Crippen LogP contribution in [0.15, 0.2) is 70.1 Å². The number of benzene rings is 2. The standard InChI is InChI=1S/C26H24N4O4/c31-24(27-18-9-11-19(12-10-18)28-25(32)22-6-5-15-34-22)17-8-13-20-21(16-17)29-23-7-3-1-2-4-14-30(23)26(20)33/h5-6,8-13,15-16H,1-4,7,14H2,(H,27,31)(H,28,32). The molecule has 0 fully saturated rings. The van der Waals surface area contributed by atoms with Gasteiger partial charge in [-0.2, -0.15) is 0 Å². The molecule has 3 heterocycles. The number of hydrogen-bond donors (Lipinski definition) is 2. The van der Waals surface area contributed by atoms with Crippen LogP contribution in [0.1, 0.15) is 52.4 Å². The first-order valence-electron chi connectivity index (χ1n) is 11.4. The molecule has 34 heavy (non-hydrogen) atoms. The Labute approximate surface area is 195 Å². The summed E-state index contributed by atoms with van der Waals surface area (Å²) in [7, 11) is 0. The summed E-state index contributed by atoms with van der Waals surface area (Å²) in [4.78, 5) is 42.6. The molecule has 0 unspecified atom stereocenters. The fourth-order valence-corrected chi connectivity index (χ4v) is 4.18. The van der Waals surface area contributed by atoms with Crippen LogP contribution in [0.4, 0.5) is 11.4 Å². The van der Waals surface area contributed by atoms with Crippen LogP contribution in [0.3, 0.4) is 0 Å². The Hall–Kier alpha value is -4.20.